The molecule has 0 N–H and O–H groups in total. The molecule has 0 heteroatoms. The molecule has 0 nitrogen and oxygen atoms in total. The van der Waals surface area contributed by atoms with Crippen LogP contribution in [0.15, 0.2) is 67.2 Å². The van der Waals surface area contributed by atoms with Crippen LogP contribution in [0.2, 0.25) is 0 Å². The van der Waals surface area contributed by atoms with Crippen LogP contribution < -0.4 is 0 Å². The van der Waals surface area contributed by atoms with E-state index < -0.39 is 0 Å². The van der Waals surface area contributed by atoms with Gasteiger partial charge in [-0.2, -0.15) is 0 Å². The molecule has 0 aliphatic rings. The van der Waals surface area contributed by atoms with Crippen LogP contribution in [-0.4, -0.2) is 0 Å². The first-order valence-corrected chi connectivity index (χ1v) is 5.04. The van der Waals surface area contributed by atoms with E-state index in [0.29, 0.717) is 0 Å². The smallest absolute Gasteiger partial charge is 0.0336 e. The summed E-state index contributed by atoms with van der Waals surface area (Å²) in [6.07, 6.45) is 3.08. The number of benzene rings is 2. The normalized spacial score (nSPS) is 10.2. The molecule has 0 bridgehead atoms. The van der Waals surface area contributed by atoms with Crippen molar-refractivity contribution >= 4 is 0 Å². The molecule has 0 spiro atoms. The third kappa shape index (κ3) is 2.16. The predicted octanol–water partition coefficient (Wildman–Crippen LogP) is 3.81. The van der Waals surface area contributed by atoms with Crippen molar-refractivity contribution in [1.82, 2.24) is 0 Å². The molecular formula is C15H13. The minimum absolute atomic E-state index is 0.174. The van der Waals surface area contributed by atoms with Crippen molar-refractivity contribution in [2.45, 2.75) is 5.92 Å². The van der Waals surface area contributed by atoms with Crippen molar-refractivity contribution in [3.8, 4) is 0 Å². The molecule has 0 aliphatic carbocycles. The van der Waals surface area contributed by atoms with E-state index in [1.54, 1.807) is 0 Å². The summed E-state index contributed by atoms with van der Waals surface area (Å²) in [4.78, 5) is 0. The summed E-state index contributed by atoms with van der Waals surface area (Å²) in [5.74, 6) is 0.174. The van der Waals surface area contributed by atoms with Gasteiger partial charge in [0.05, 0.1) is 0 Å². The summed E-state index contributed by atoms with van der Waals surface area (Å²) in [6, 6.07) is 20.6. The monoisotopic (exact) mass is 193 g/mol. The van der Waals surface area contributed by atoms with Crippen LogP contribution >= 0.6 is 0 Å². The third-order valence-corrected chi connectivity index (χ3v) is 2.47. The Hall–Kier alpha value is -1.82. The minimum atomic E-state index is 0.174. The van der Waals surface area contributed by atoms with Crippen molar-refractivity contribution in [2.24, 2.45) is 0 Å². The van der Waals surface area contributed by atoms with E-state index in [1.165, 1.54) is 11.1 Å². The zero-order valence-electron chi connectivity index (χ0n) is 8.56. The lowest BCUT2D eigenvalue weighted by Crippen LogP contribution is -1.96. The average molecular weight is 193 g/mol. The van der Waals surface area contributed by atoms with Crippen LogP contribution in [0.4, 0.5) is 0 Å². The topological polar surface area (TPSA) is 0 Å². The SMILES string of the molecule is C=[C]C(c1ccccc1)c1ccccc1. The van der Waals surface area contributed by atoms with Crippen LogP contribution in [0.3, 0.4) is 0 Å². The van der Waals surface area contributed by atoms with Gasteiger partial charge in [-0.05, 0) is 17.2 Å². The Morgan fingerprint density at radius 2 is 1.13 bits per heavy atom. The van der Waals surface area contributed by atoms with E-state index in [2.05, 4.69) is 36.9 Å². The molecule has 0 amide bonds. The van der Waals surface area contributed by atoms with Crippen molar-refractivity contribution in [3.63, 3.8) is 0 Å². The van der Waals surface area contributed by atoms with Crippen molar-refractivity contribution < 1.29 is 0 Å². The second-order valence-electron chi connectivity index (χ2n) is 3.46. The second kappa shape index (κ2) is 4.61. The number of allylic oxidation sites excluding steroid dienone is 1. The lowest BCUT2D eigenvalue weighted by atomic mass is 9.92. The molecule has 0 saturated heterocycles. The van der Waals surface area contributed by atoms with Gasteiger partial charge in [0, 0.05) is 5.92 Å². The molecule has 0 atom stereocenters. The molecule has 2 aromatic rings. The van der Waals surface area contributed by atoms with Crippen LogP contribution in [-0.2, 0) is 0 Å². The largest absolute Gasteiger partial charge is 0.0946 e. The quantitative estimate of drug-likeness (QED) is 0.695. The van der Waals surface area contributed by atoms with Gasteiger partial charge >= 0.3 is 0 Å². The van der Waals surface area contributed by atoms with Gasteiger partial charge in [-0.25, -0.2) is 0 Å². The maximum absolute atomic E-state index is 3.79. The van der Waals surface area contributed by atoms with E-state index in [-0.39, 0.29) is 5.92 Å². The van der Waals surface area contributed by atoms with Gasteiger partial charge in [-0.3, -0.25) is 0 Å². The lowest BCUT2D eigenvalue weighted by molar-refractivity contribution is 1.00. The zero-order valence-corrected chi connectivity index (χ0v) is 8.56. The van der Waals surface area contributed by atoms with Crippen LogP contribution in [0.1, 0.15) is 17.0 Å². The standard InChI is InChI=1S/C15H13/c1-2-15(13-9-5-3-6-10-13)14-11-7-4-8-12-14/h3-12,15H,1H2. The first kappa shape index (κ1) is 9.72. The van der Waals surface area contributed by atoms with Gasteiger partial charge in [0.2, 0.25) is 0 Å². The van der Waals surface area contributed by atoms with Crippen molar-refractivity contribution in [3.05, 3.63) is 84.4 Å². The Morgan fingerprint density at radius 3 is 1.47 bits per heavy atom. The Morgan fingerprint density at radius 1 is 0.733 bits per heavy atom. The fraction of sp³-hybridized carbons (Fsp3) is 0.0667. The van der Waals surface area contributed by atoms with E-state index in [0.717, 1.165) is 0 Å². The predicted molar refractivity (Wildman–Crippen MR) is 63.6 cm³/mol. The number of hydrogen-bond acceptors (Lipinski definition) is 0. The molecule has 0 aliphatic heterocycles. The fourth-order valence-corrected chi connectivity index (χ4v) is 1.72. The van der Waals surface area contributed by atoms with Crippen molar-refractivity contribution in [1.29, 1.82) is 0 Å². The molecule has 0 heterocycles. The van der Waals surface area contributed by atoms with Gasteiger partial charge in [0.25, 0.3) is 0 Å². The highest BCUT2D eigenvalue weighted by molar-refractivity contribution is 5.34. The fourth-order valence-electron chi connectivity index (χ4n) is 1.72. The van der Waals surface area contributed by atoms with E-state index in [4.69, 9.17) is 0 Å². The summed E-state index contributed by atoms with van der Waals surface area (Å²) in [5.41, 5.74) is 2.47. The van der Waals surface area contributed by atoms with Crippen molar-refractivity contribution in [2.75, 3.05) is 0 Å². The highest BCUT2D eigenvalue weighted by Crippen LogP contribution is 2.24. The highest BCUT2D eigenvalue weighted by atomic mass is 14.1. The maximum atomic E-state index is 3.79. The molecule has 2 aromatic carbocycles. The summed E-state index contributed by atoms with van der Waals surface area (Å²) in [5, 5.41) is 0. The first-order valence-electron chi connectivity index (χ1n) is 5.04. The summed E-state index contributed by atoms with van der Waals surface area (Å²) < 4.78 is 0. The first-order chi connectivity index (χ1) is 7.42. The summed E-state index contributed by atoms with van der Waals surface area (Å²) >= 11 is 0. The Bertz CT molecular complexity index is 375. The van der Waals surface area contributed by atoms with Gasteiger partial charge in [0.15, 0.2) is 0 Å². The molecule has 1 radical (unpaired) electrons. The molecule has 0 saturated carbocycles. The van der Waals surface area contributed by atoms with E-state index in [9.17, 15) is 0 Å². The Balaban J connectivity index is 2.38. The molecule has 73 valence electrons. The lowest BCUT2D eigenvalue weighted by Gasteiger charge is -2.12. The molecule has 0 fully saturated rings. The number of rotatable bonds is 3. The molecular weight excluding hydrogens is 180 g/mol. The highest BCUT2D eigenvalue weighted by Gasteiger charge is 2.08. The van der Waals surface area contributed by atoms with E-state index in [1.807, 2.05) is 36.4 Å². The summed E-state index contributed by atoms with van der Waals surface area (Å²) in [6.45, 7) is 3.79. The minimum Gasteiger partial charge on any atom is -0.0946 e. The van der Waals surface area contributed by atoms with Crippen LogP contribution in [0.25, 0.3) is 0 Å². The molecule has 15 heavy (non-hydrogen) atoms. The molecule has 2 rings (SSSR count). The van der Waals surface area contributed by atoms with E-state index >= 15 is 0 Å². The van der Waals surface area contributed by atoms with Crippen LogP contribution in [0, 0.1) is 6.08 Å². The molecule has 0 unspecified atom stereocenters. The summed E-state index contributed by atoms with van der Waals surface area (Å²) in [7, 11) is 0. The van der Waals surface area contributed by atoms with Gasteiger partial charge in [0.1, 0.15) is 0 Å². The van der Waals surface area contributed by atoms with Gasteiger partial charge in [-0.1, -0.05) is 67.2 Å². The van der Waals surface area contributed by atoms with Gasteiger partial charge in [-0.15, -0.1) is 0 Å². The third-order valence-electron chi connectivity index (χ3n) is 2.47. The number of hydrogen-bond donors (Lipinski definition) is 0. The Labute approximate surface area is 90.9 Å². The average Bonchev–Trinajstić information content (AvgIpc) is 2.33. The zero-order chi connectivity index (χ0) is 10.5. The molecule has 0 aromatic heterocycles. The maximum Gasteiger partial charge on any atom is 0.0336 e. The van der Waals surface area contributed by atoms with Gasteiger partial charge < -0.3 is 0 Å². The Kier molecular flexibility index (Phi) is 2.99. The van der Waals surface area contributed by atoms with Crippen LogP contribution in [0.5, 0.6) is 0 Å². The second-order valence-corrected chi connectivity index (χ2v) is 3.46.